The largest absolute Gasteiger partial charge is 0.508 e. The van der Waals surface area contributed by atoms with E-state index in [0.717, 1.165) is 40.9 Å². The second-order valence-electron chi connectivity index (χ2n) is 9.76. The number of aryl methyl sites for hydroxylation is 1. The number of ketones is 1. The monoisotopic (exact) mass is 518 g/mol. The minimum absolute atomic E-state index is 0.0824. The molecule has 2 N–H and O–H groups in total. The van der Waals surface area contributed by atoms with Gasteiger partial charge in [0.2, 0.25) is 0 Å². The smallest absolute Gasteiger partial charge is 0.251 e. The third-order valence-electron chi connectivity index (χ3n) is 6.83. The lowest BCUT2D eigenvalue weighted by molar-refractivity contribution is 0.0934. The zero-order chi connectivity index (χ0) is 27.9. The van der Waals surface area contributed by atoms with E-state index in [1.54, 1.807) is 30.3 Å². The molecule has 0 bridgehead atoms. The highest BCUT2D eigenvalue weighted by molar-refractivity contribution is 6.10. The molecule has 0 fully saturated rings. The minimum Gasteiger partial charge on any atom is -0.508 e. The fraction of sp³-hybridized carbons (Fsp3) is 0.206. The van der Waals surface area contributed by atoms with Gasteiger partial charge in [-0.25, -0.2) is 0 Å². The molecule has 0 saturated heterocycles. The lowest BCUT2D eigenvalue weighted by atomic mass is 9.90. The quantitative estimate of drug-likeness (QED) is 0.174. The fourth-order valence-electron chi connectivity index (χ4n) is 4.75. The van der Waals surface area contributed by atoms with Crippen LogP contribution in [0.3, 0.4) is 0 Å². The van der Waals surface area contributed by atoms with Crippen molar-refractivity contribution in [3.63, 3.8) is 0 Å². The highest BCUT2D eigenvalue weighted by Crippen LogP contribution is 2.33. The Hall–Kier alpha value is -4.51. The van der Waals surface area contributed by atoms with Gasteiger partial charge in [0.1, 0.15) is 5.75 Å². The first-order chi connectivity index (χ1) is 18.8. The fourth-order valence-corrected chi connectivity index (χ4v) is 4.75. The van der Waals surface area contributed by atoms with Crippen LogP contribution in [0.4, 0.5) is 5.69 Å². The Kier molecular flexibility index (Phi) is 8.72. The predicted molar refractivity (Wildman–Crippen MR) is 158 cm³/mol. The molecule has 0 aliphatic heterocycles. The molecule has 0 radical (unpaired) electrons. The molecule has 0 unspecified atom stereocenters. The zero-order valence-electron chi connectivity index (χ0n) is 22.9. The first kappa shape index (κ1) is 27.5. The lowest BCUT2D eigenvalue weighted by Crippen LogP contribution is -2.28. The molecule has 0 aromatic heterocycles. The van der Waals surface area contributed by atoms with Crippen LogP contribution in [0, 0.1) is 6.92 Å². The average molecular weight is 519 g/mol. The number of nitrogens with one attached hydrogen (secondary N) is 1. The standard InChI is InChI=1S/C34H34N2O3/c1-5-11-33(25-13-7-6-8-14-25)36-34(39)26-16-18-29(30(20-26)24(4)37)31-21-27(38)17-19-28(31)23(3)35-32-15-10-9-12-22(32)2/h6-10,12-21,33,38H,5,11H2,1-4H3,(H,36,39)/t33-/m1/s1. The Labute approximate surface area is 230 Å². The Balaban J connectivity index is 1.73. The van der Waals surface area contributed by atoms with E-state index in [4.69, 9.17) is 4.99 Å². The molecule has 4 aromatic carbocycles. The number of hydrogen-bond acceptors (Lipinski definition) is 4. The molecular formula is C34H34N2O3. The highest BCUT2D eigenvalue weighted by Gasteiger charge is 2.20. The van der Waals surface area contributed by atoms with Crippen molar-refractivity contribution in [1.82, 2.24) is 5.32 Å². The van der Waals surface area contributed by atoms with Crippen LogP contribution in [0.1, 0.15) is 77.1 Å². The van der Waals surface area contributed by atoms with E-state index in [2.05, 4.69) is 12.2 Å². The number of hydrogen-bond donors (Lipinski definition) is 2. The van der Waals surface area contributed by atoms with Crippen LogP contribution in [-0.2, 0) is 0 Å². The van der Waals surface area contributed by atoms with Crippen LogP contribution in [0.2, 0.25) is 0 Å². The summed E-state index contributed by atoms with van der Waals surface area (Å²) in [6.45, 7) is 7.49. The Morgan fingerprint density at radius 3 is 2.26 bits per heavy atom. The molecule has 0 aliphatic carbocycles. The summed E-state index contributed by atoms with van der Waals surface area (Å²) in [5, 5.41) is 13.5. The lowest BCUT2D eigenvalue weighted by Gasteiger charge is -2.19. The number of carbonyl (C=O) groups is 2. The van der Waals surface area contributed by atoms with Gasteiger partial charge in [-0.15, -0.1) is 0 Å². The van der Waals surface area contributed by atoms with Gasteiger partial charge in [0.25, 0.3) is 5.91 Å². The van der Waals surface area contributed by atoms with E-state index < -0.39 is 0 Å². The SMILES string of the molecule is CCC[C@@H](NC(=O)c1ccc(-c2cc(O)ccc2C(C)=Nc2ccccc2C)c(C(C)=O)c1)c1ccccc1. The number of benzene rings is 4. The second kappa shape index (κ2) is 12.4. The van der Waals surface area contributed by atoms with Gasteiger partial charge in [-0.2, -0.15) is 0 Å². The number of aliphatic imine (C=N–C) groups is 1. The molecule has 0 heterocycles. The molecule has 198 valence electrons. The Bertz CT molecular complexity index is 1520. The van der Waals surface area contributed by atoms with Crippen molar-refractivity contribution in [2.45, 2.75) is 46.6 Å². The maximum Gasteiger partial charge on any atom is 0.251 e. The topological polar surface area (TPSA) is 78.8 Å². The van der Waals surface area contributed by atoms with E-state index in [-0.39, 0.29) is 23.5 Å². The number of aromatic hydroxyl groups is 1. The van der Waals surface area contributed by atoms with Crippen molar-refractivity contribution in [2.24, 2.45) is 4.99 Å². The van der Waals surface area contributed by atoms with Crippen LogP contribution in [0.15, 0.2) is 96.0 Å². The summed E-state index contributed by atoms with van der Waals surface area (Å²) in [6.07, 6.45) is 1.72. The third kappa shape index (κ3) is 6.50. The first-order valence-corrected chi connectivity index (χ1v) is 13.2. The van der Waals surface area contributed by atoms with Gasteiger partial charge >= 0.3 is 0 Å². The number of phenols is 1. The van der Waals surface area contributed by atoms with Gasteiger partial charge in [0, 0.05) is 22.4 Å². The van der Waals surface area contributed by atoms with Crippen molar-refractivity contribution in [3.8, 4) is 16.9 Å². The van der Waals surface area contributed by atoms with Crippen molar-refractivity contribution < 1.29 is 14.7 Å². The summed E-state index contributed by atoms with van der Waals surface area (Å²) in [5.41, 5.74) is 6.62. The third-order valence-corrected chi connectivity index (χ3v) is 6.83. The van der Waals surface area contributed by atoms with E-state index in [1.165, 1.54) is 6.92 Å². The Morgan fingerprint density at radius 1 is 0.846 bits per heavy atom. The molecule has 5 heteroatoms. The molecular weight excluding hydrogens is 484 g/mol. The molecule has 0 saturated carbocycles. The molecule has 1 amide bonds. The maximum atomic E-state index is 13.3. The minimum atomic E-state index is -0.236. The van der Waals surface area contributed by atoms with Crippen molar-refractivity contribution >= 4 is 23.1 Å². The van der Waals surface area contributed by atoms with E-state index >= 15 is 0 Å². The summed E-state index contributed by atoms with van der Waals surface area (Å²) in [6, 6.07) is 27.9. The maximum absolute atomic E-state index is 13.3. The van der Waals surface area contributed by atoms with Gasteiger partial charge in [-0.3, -0.25) is 14.6 Å². The number of para-hydroxylation sites is 1. The van der Waals surface area contributed by atoms with Gasteiger partial charge in [-0.05, 0) is 85.8 Å². The Morgan fingerprint density at radius 2 is 1.56 bits per heavy atom. The summed E-state index contributed by atoms with van der Waals surface area (Å²) in [7, 11) is 0. The van der Waals surface area contributed by atoms with E-state index in [0.29, 0.717) is 22.3 Å². The number of carbonyl (C=O) groups excluding carboxylic acids is 2. The van der Waals surface area contributed by atoms with Gasteiger partial charge in [-0.1, -0.05) is 67.9 Å². The van der Waals surface area contributed by atoms with Crippen molar-refractivity contribution in [3.05, 3.63) is 119 Å². The highest BCUT2D eigenvalue weighted by atomic mass is 16.3. The van der Waals surface area contributed by atoms with Crippen molar-refractivity contribution in [1.29, 1.82) is 0 Å². The number of rotatable bonds is 9. The van der Waals surface area contributed by atoms with Crippen LogP contribution in [-0.4, -0.2) is 22.5 Å². The van der Waals surface area contributed by atoms with Crippen LogP contribution in [0.5, 0.6) is 5.75 Å². The van der Waals surface area contributed by atoms with Crippen LogP contribution < -0.4 is 5.32 Å². The summed E-state index contributed by atoms with van der Waals surface area (Å²) in [4.78, 5) is 31.0. The van der Waals surface area contributed by atoms with Crippen LogP contribution >= 0.6 is 0 Å². The summed E-state index contributed by atoms with van der Waals surface area (Å²) in [5.74, 6) is -0.325. The van der Waals surface area contributed by atoms with Gasteiger partial charge in [0.05, 0.1) is 11.7 Å². The second-order valence-corrected chi connectivity index (χ2v) is 9.76. The first-order valence-electron chi connectivity index (χ1n) is 13.2. The molecule has 39 heavy (non-hydrogen) atoms. The van der Waals surface area contributed by atoms with E-state index in [1.807, 2.05) is 74.5 Å². The normalized spacial score (nSPS) is 12.2. The summed E-state index contributed by atoms with van der Waals surface area (Å²) >= 11 is 0. The van der Waals surface area contributed by atoms with Gasteiger partial charge in [0.15, 0.2) is 5.78 Å². The summed E-state index contributed by atoms with van der Waals surface area (Å²) < 4.78 is 0. The molecule has 4 rings (SSSR count). The molecule has 0 spiro atoms. The zero-order valence-corrected chi connectivity index (χ0v) is 22.9. The van der Waals surface area contributed by atoms with Gasteiger partial charge < -0.3 is 10.4 Å². The number of nitrogens with zero attached hydrogens (tertiary/aromatic N) is 1. The van der Waals surface area contributed by atoms with Crippen molar-refractivity contribution in [2.75, 3.05) is 0 Å². The number of phenolic OH excluding ortho intramolecular Hbond substituents is 1. The van der Waals surface area contributed by atoms with E-state index in [9.17, 15) is 14.7 Å². The average Bonchev–Trinajstić information content (AvgIpc) is 2.94. The molecule has 1 atom stereocenters. The molecule has 5 nitrogen and oxygen atoms in total. The number of Topliss-reactive ketones (excluding diaryl/α,β-unsaturated/α-hetero) is 1. The predicted octanol–water partition coefficient (Wildman–Crippen LogP) is 7.98. The van der Waals surface area contributed by atoms with Crippen LogP contribution in [0.25, 0.3) is 11.1 Å². The molecule has 0 aliphatic rings. The number of amides is 1. The molecule has 4 aromatic rings.